The van der Waals surface area contributed by atoms with Gasteiger partial charge in [0.15, 0.2) is 5.84 Å². The number of amidine groups is 1. The summed E-state index contributed by atoms with van der Waals surface area (Å²) in [6.45, 7) is 1.44. The molecule has 0 aromatic heterocycles. The van der Waals surface area contributed by atoms with Gasteiger partial charge in [0, 0.05) is 13.1 Å². The molecule has 0 aromatic carbocycles. The average Bonchev–Trinajstić information content (AvgIpc) is 2.21. The molecule has 96 valence electrons. The summed E-state index contributed by atoms with van der Waals surface area (Å²) >= 11 is 0. The maximum atomic E-state index is 12.5. The van der Waals surface area contributed by atoms with Gasteiger partial charge in [-0.15, -0.1) is 0 Å². The van der Waals surface area contributed by atoms with Crippen LogP contribution in [0.5, 0.6) is 0 Å². The van der Waals surface area contributed by atoms with Crippen LogP contribution in [0.4, 0.5) is 13.2 Å². The highest BCUT2D eigenvalue weighted by molar-refractivity contribution is 5.83. The fraction of sp³-hybridized carbons (Fsp3) is 0.875. The van der Waals surface area contributed by atoms with Crippen LogP contribution in [0.15, 0.2) is 5.16 Å². The number of halogens is 3. The first-order valence-corrected chi connectivity index (χ1v) is 4.74. The van der Waals surface area contributed by atoms with Crippen molar-refractivity contribution in [3.05, 3.63) is 0 Å². The number of oxime groups is 1. The third kappa shape index (κ3) is 4.67. The minimum absolute atomic E-state index is 0.113. The molecule has 0 bridgehead atoms. The molecule has 0 aliphatic rings. The van der Waals surface area contributed by atoms with E-state index in [-0.39, 0.29) is 13.2 Å². The fourth-order valence-electron chi connectivity index (χ4n) is 1.21. The second-order valence-corrected chi connectivity index (χ2v) is 3.24. The van der Waals surface area contributed by atoms with Crippen molar-refractivity contribution in [3.8, 4) is 0 Å². The number of likely N-dealkylation sites (N-methyl/N-ethyl adjacent to an activating group) is 1. The van der Waals surface area contributed by atoms with Crippen LogP contribution in [-0.4, -0.2) is 53.5 Å². The van der Waals surface area contributed by atoms with E-state index in [1.54, 1.807) is 6.92 Å². The Kier molecular flexibility index (Phi) is 6.12. The van der Waals surface area contributed by atoms with Gasteiger partial charge in [-0.3, -0.25) is 0 Å². The first-order chi connectivity index (χ1) is 7.36. The zero-order chi connectivity index (χ0) is 12.8. The lowest BCUT2D eigenvalue weighted by molar-refractivity contribution is -0.160. The average molecular weight is 243 g/mol. The Bertz CT molecular complexity index is 233. The summed E-state index contributed by atoms with van der Waals surface area (Å²) in [6, 6.07) is 0. The van der Waals surface area contributed by atoms with Crippen molar-refractivity contribution in [1.29, 1.82) is 0 Å². The summed E-state index contributed by atoms with van der Waals surface area (Å²) in [5.41, 5.74) is 4.99. The van der Waals surface area contributed by atoms with E-state index in [0.717, 1.165) is 0 Å². The molecular formula is C8H16F3N3O2. The minimum Gasteiger partial charge on any atom is -0.409 e. The number of aliphatic hydroxyl groups is 1. The van der Waals surface area contributed by atoms with Crippen molar-refractivity contribution in [2.75, 3.05) is 26.2 Å². The highest BCUT2D eigenvalue weighted by Crippen LogP contribution is 2.27. The molecule has 0 radical (unpaired) electrons. The van der Waals surface area contributed by atoms with Gasteiger partial charge in [0.25, 0.3) is 0 Å². The van der Waals surface area contributed by atoms with E-state index in [1.807, 2.05) is 0 Å². The van der Waals surface area contributed by atoms with E-state index >= 15 is 0 Å². The molecule has 0 spiro atoms. The van der Waals surface area contributed by atoms with Gasteiger partial charge < -0.3 is 20.9 Å². The number of nitrogens with zero attached hydrogens (tertiary/aromatic N) is 2. The molecule has 0 amide bonds. The molecule has 0 saturated heterocycles. The molecule has 0 heterocycles. The highest BCUT2D eigenvalue weighted by atomic mass is 19.4. The van der Waals surface area contributed by atoms with Gasteiger partial charge in [-0.2, -0.15) is 13.2 Å². The number of nitrogens with two attached hydrogens (primary N) is 1. The maximum absolute atomic E-state index is 12.5. The van der Waals surface area contributed by atoms with Gasteiger partial charge in [0.2, 0.25) is 0 Å². The van der Waals surface area contributed by atoms with E-state index in [2.05, 4.69) is 5.16 Å². The van der Waals surface area contributed by atoms with E-state index in [0.29, 0.717) is 6.54 Å². The second-order valence-electron chi connectivity index (χ2n) is 3.24. The molecule has 5 nitrogen and oxygen atoms in total. The molecule has 4 N–H and O–H groups in total. The molecule has 0 saturated carbocycles. The van der Waals surface area contributed by atoms with Crippen molar-refractivity contribution < 1.29 is 23.5 Å². The summed E-state index contributed by atoms with van der Waals surface area (Å²) in [4.78, 5) is 1.37. The lowest BCUT2D eigenvalue weighted by atomic mass is 10.1. The SMILES string of the molecule is CCN(CCO)CC(C(N)=NO)C(F)(F)F. The number of hydrogen-bond acceptors (Lipinski definition) is 4. The monoisotopic (exact) mass is 243 g/mol. The Hall–Kier alpha value is -1.02. The smallest absolute Gasteiger partial charge is 0.400 e. The van der Waals surface area contributed by atoms with E-state index in [1.165, 1.54) is 4.90 Å². The predicted molar refractivity (Wildman–Crippen MR) is 52.2 cm³/mol. The Morgan fingerprint density at radius 1 is 1.50 bits per heavy atom. The van der Waals surface area contributed by atoms with Crippen LogP contribution in [0.25, 0.3) is 0 Å². The van der Waals surface area contributed by atoms with Crippen molar-refractivity contribution in [2.45, 2.75) is 13.1 Å². The van der Waals surface area contributed by atoms with Crippen LogP contribution in [0, 0.1) is 5.92 Å². The first-order valence-electron chi connectivity index (χ1n) is 4.74. The predicted octanol–water partition coefficient (Wildman–Crippen LogP) is 0.226. The van der Waals surface area contributed by atoms with Crippen molar-refractivity contribution >= 4 is 5.84 Å². The van der Waals surface area contributed by atoms with Crippen LogP contribution in [-0.2, 0) is 0 Å². The van der Waals surface area contributed by atoms with Crippen molar-refractivity contribution in [2.24, 2.45) is 16.8 Å². The maximum Gasteiger partial charge on any atom is 0.400 e. The largest absolute Gasteiger partial charge is 0.409 e. The minimum atomic E-state index is -4.57. The standard InChI is InChI=1S/C8H16F3N3O2/c1-2-14(3-4-15)5-6(7(12)13-16)8(9,10)11/h6,15-16H,2-5H2,1H3,(H2,12,13). The molecule has 16 heavy (non-hydrogen) atoms. The van der Waals surface area contributed by atoms with Crippen LogP contribution in [0.3, 0.4) is 0 Å². The zero-order valence-electron chi connectivity index (χ0n) is 8.91. The molecule has 0 fully saturated rings. The molecule has 1 unspecified atom stereocenters. The van der Waals surface area contributed by atoms with E-state index in [9.17, 15) is 13.2 Å². The molecule has 1 atom stereocenters. The molecule has 0 aromatic rings. The Balaban J connectivity index is 4.66. The lowest BCUT2D eigenvalue weighted by Gasteiger charge is -2.26. The van der Waals surface area contributed by atoms with E-state index < -0.39 is 24.5 Å². The second kappa shape index (κ2) is 6.54. The Labute approximate surface area is 91.3 Å². The summed E-state index contributed by atoms with van der Waals surface area (Å²) in [7, 11) is 0. The van der Waals surface area contributed by atoms with Crippen LogP contribution in [0.2, 0.25) is 0 Å². The van der Waals surface area contributed by atoms with Gasteiger partial charge >= 0.3 is 6.18 Å². The Morgan fingerprint density at radius 2 is 2.06 bits per heavy atom. The molecular weight excluding hydrogens is 227 g/mol. The fourth-order valence-corrected chi connectivity index (χ4v) is 1.21. The highest BCUT2D eigenvalue weighted by Gasteiger charge is 2.43. The van der Waals surface area contributed by atoms with E-state index in [4.69, 9.17) is 16.0 Å². The third-order valence-corrected chi connectivity index (χ3v) is 2.17. The topological polar surface area (TPSA) is 82.1 Å². The zero-order valence-corrected chi connectivity index (χ0v) is 8.91. The summed E-state index contributed by atoms with van der Waals surface area (Å²) < 4.78 is 37.6. The van der Waals surface area contributed by atoms with Gasteiger partial charge in [-0.1, -0.05) is 12.1 Å². The quantitative estimate of drug-likeness (QED) is 0.270. The molecule has 0 aliphatic heterocycles. The first kappa shape index (κ1) is 15.0. The molecule has 8 heteroatoms. The summed E-state index contributed by atoms with van der Waals surface area (Å²) in [5.74, 6) is -2.90. The van der Waals surface area contributed by atoms with Crippen LogP contribution in [0.1, 0.15) is 6.92 Å². The van der Waals surface area contributed by atoms with Gasteiger partial charge in [-0.05, 0) is 6.54 Å². The Morgan fingerprint density at radius 3 is 2.38 bits per heavy atom. The molecule has 0 aliphatic carbocycles. The van der Waals surface area contributed by atoms with Gasteiger partial charge in [0.05, 0.1) is 6.61 Å². The number of hydrogen-bond donors (Lipinski definition) is 3. The van der Waals surface area contributed by atoms with Crippen molar-refractivity contribution in [1.82, 2.24) is 4.90 Å². The van der Waals surface area contributed by atoms with Crippen LogP contribution < -0.4 is 5.73 Å². The van der Waals surface area contributed by atoms with Gasteiger partial charge in [-0.25, -0.2) is 0 Å². The number of rotatable bonds is 6. The number of alkyl halides is 3. The molecule has 0 rings (SSSR count). The normalized spacial score (nSPS) is 15.5. The van der Waals surface area contributed by atoms with Gasteiger partial charge in [0.1, 0.15) is 5.92 Å². The summed E-state index contributed by atoms with van der Waals surface area (Å²) in [5, 5.41) is 19.3. The number of aliphatic hydroxyl groups excluding tert-OH is 1. The lowest BCUT2D eigenvalue weighted by Crippen LogP contribution is -2.45. The summed E-state index contributed by atoms with van der Waals surface area (Å²) in [6.07, 6.45) is -4.57. The van der Waals surface area contributed by atoms with Crippen molar-refractivity contribution in [3.63, 3.8) is 0 Å². The van der Waals surface area contributed by atoms with Crippen LogP contribution >= 0.6 is 0 Å². The third-order valence-electron chi connectivity index (χ3n) is 2.17.